The van der Waals surface area contributed by atoms with Crippen molar-refractivity contribution in [2.45, 2.75) is 312 Å². The number of hydrogen-bond donors (Lipinski definition) is 3. The van der Waals surface area contributed by atoms with Gasteiger partial charge in [-0.05, 0) is 242 Å². The molecule has 11 nitrogen and oxygen atoms in total. The summed E-state index contributed by atoms with van der Waals surface area (Å²) in [5.41, 5.74) is 32.8. The van der Waals surface area contributed by atoms with Crippen LogP contribution in [-0.2, 0) is 71.9 Å². The molecule has 144 heavy (non-hydrogen) atoms. The highest BCUT2D eigenvalue weighted by atomic mass is 79.9. The first-order valence-corrected chi connectivity index (χ1v) is 53.4. The van der Waals surface area contributed by atoms with Crippen LogP contribution < -0.4 is 5.32 Å². The van der Waals surface area contributed by atoms with Crippen molar-refractivity contribution in [2.24, 2.45) is 7.05 Å². The fourth-order valence-electron chi connectivity index (χ4n) is 16.5. The van der Waals surface area contributed by atoms with Gasteiger partial charge in [-0.2, -0.15) is 15.3 Å². The molecule has 5 aromatic heterocycles. The minimum absolute atomic E-state index is 0.0109. The molecule has 0 saturated heterocycles. The molecule has 1 amide bonds. The van der Waals surface area contributed by atoms with Gasteiger partial charge in [0.25, 0.3) is 0 Å². The third-order valence-corrected chi connectivity index (χ3v) is 27.4. The Morgan fingerprint density at radius 1 is 0.403 bits per heavy atom. The van der Waals surface area contributed by atoms with Crippen LogP contribution in [0.5, 0.6) is 0 Å². The van der Waals surface area contributed by atoms with E-state index in [0.717, 1.165) is 37.9 Å². The smallest absolute Gasteiger partial charge is 0.222 e. The molecular formula is C131H168BrN9O2S. The molecule has 0 atom stereocenters. The van der Waals surface area contributed by atoms with E-state index in [2.05, 4.69) is 480 Å². The van der Waals surface area contributed by atoms with Gasteiger partial charge in [-0.3, -0.25) is 24.7 Å². The average Bonchev–Trinajstić information content (AvgIpc) is 1.49. The molecule has 2 aliphatic carbocycles. The number of halogens is 1. The van der Waals surface area contributed by atoms with Crippen LogP contribution in [0.3, 0.4) is 0 Å². The fraction of sp³-hybridized carbons (Fsp3) is 0.389. The van der Waals surface area contributed by atoms with Gasteiger partial charge in [0.2, 0.25) is 5.91 Å². The number of pyridine rings is 1. The molecule has 0 bridgehead atoms. The van der Waals surface area contributed by atoms with Gasteiger partial charge >= 0.3 is 0 Å². The number of carbonyl (C=O) groups excluding carboxylic acids is 1. The van der Waals surface area contributed by atoms with E-state index in [1.165, 1.54) is 158 Å². The number of aromatic nitrogens is 8. The number of carbonyl (C=O) groups is 1. The lowest BCUT2D eigenvalue weighted by Gasteiger charge is -2.24. The number of rotatable bonds is 13. The molecule has 0 spiro atoms. The van der Waals surface area contributed by atoms with E-state index >= 15 is 0 Å². The van der Waals surface area contributed by atoms with E-state index in [1.807, 2.05) is 90.7 Å². The highest BCUT2D eigenvalue weighted by Gasteiger charge is 2.24. The van der Waals surface area contributed by atoms with Gasteiger partial charge in [-0.1, -0.05) is 447 Å². The van der Waals surface area contributed by atoms with Crippen LogP contribution in [0, 0.1) is 0 Å². The van der Waals surface area contributed by atoms with Crippen LogP contribution in [0.1, 0.15) is 324 Å². The second kappa shape index (κ2) is 53.4. The van der Waals surface area contributed by atoms with E-state index in [0.29, 0.717) is 19.6 Å². The van der Waals surface area contributed by atoms with Crippen LogP contribution in [0.2, 0.25) is 0 Å². The Balaban J connectivity index is 0.000000182. The lowest BCUT2D eigenvalue weighted by atomic mass is 9.81. The standard InChI is InChI=1S/C21H27NO2.C16H24.C16H22.C15H17N.C14H18N2.2C13H16N2.C13H15NS.C10H13Br/c1-21(2,3)19-10-8-17(9-11-19)18-7-5-6-16(14-18)15-22-20(23)12-13-24-4;2*1-16(2,3)15-11-9-14(10-12-15)13-7-5-4-6-8-13;1-15(2,3)13-8-6-7-12(11-13)14-9-4-5-10-16-14;1-14(2,3)13-7-5-11(6-8-13)12-9-15-16(4)10-12;1-13(2,3)12-6-4-10(5-7-12)11-8-14-15-9-11;1-13(2,3)11-6-4-10(5-7-11)12-8-9-14-15-12;1-13(2,3)11-6-4-5-10(9-11)12-14-7-8-15-12;1-10(2,3)8-4-6-9(11)7-5-8/h5-11,14H,12-13,15H2,1-4H3,(H,22,23);9-13H,4-8H2,1-3H3;7,9-12H,4-6,8H2,1-3H3;4-11H,1-3H3;5-10H,1-4H3;2*4-9H,1-3H3,(H,14,15);4-9H,1-3H3;4-7H,1-3H3. The molecule has 762 valence electrons. The Morgan fingerprint density at radius 3 is 1.26 bits per heavy atom. The Morgan fingerprint density at radius 2 is 0.847 bits per heavy atom. The zero-order valence-corrected chi connectivity index (χ0v) is 94.9. The highest BCUT2D eigenvalue weighted by Crippen LogP contribution is 2.38. The van der Waals surface area contributed by atoms with Crippen molar-refractivity contribution in [1.82, 2.24) is 45.5 Å². The summed E-state index contributed by atoms with van der Waals surface area (Å²) in [5, 5.41) is 23.9. The molecule has 17 rings (SSSR count). The van der Waals surface area contributed by atoms with Crippen molar-refractivity contribution in [3.63, 3.8) is 0 Å². The van der Waals surface area contributed by atoms with E-state index in [1.54, 1.807) is 35.8 Å². The molecule has 3 N–H and O–H groups in total. The Kier molecular flexibility index (Phi) is 42.9. The third kappa shape index (κ3) is 38.7. The van der Waals surface area contributed by atoms with Gasteiger partial charge in [0.15, 0.2) is 0 Å². The predicted octanol–water partition coefficient (Wildman–Crippen LogP) is 36.3. The van der Waals surface area contributed by atoms with Crippen molar-refractivity contribution in [3.8, 4) is 66.5 Å². The van der Waals surface area contributed by atoms with E-state index in [-0.39, 0.29) is 54.6 Å². The summed E-state index contributed by atoms with van der Waals surface area (Å²) in [6.07, 6.45) is 28.3. The maximum absolute atomic E-state index is 11.7. The van der Waals surface area contributed by atoms with Gasteiger partial charge in [0, 0.05) is 90.2 Å². The first-order valence-electron chi connectivity index (χ1n) is 51.7. The fourth-order valence-corrected chi connectivity index (χ4v) is 17.4. The number of ether oxygens (including phenoxy) is 1. The molecule has 2 aliphatic rings. The maximum atomic E-state index is 11.7. The van der Waals surface area contributed by atoms with E-state index < -0.39 is 0 Å². The first-order chi connectivity index (χ1) is 67.8. The number of aromatic amines is 2. The van der Waals surface area contributed by atoms with Gasteiger partial charge in [0.1, 0.15) is 5.01 Å². The molecule has 0 unspecified atom stereocenters. The number of nitrogens with one attached hydrogen (secondary N) is 3. The van der Waals surface area contributed by atoms with Gasteiger partial charge in [-0.25, -0.2) is 4.98 Å². The topological polar surface area (TPSA) is 139 Å². The Bertz CT molecular complexity index is 6180. The molecular weight excluding hydrogens is 1840 g/mol. The normalized spacial score (nSPS) is 13.0. The van der Waals surface area contributed by atoms with Gasteiger partial charge < -0.3 is 10.1 Å². The van der Waals surface area contributed by atoms with Crippen LogP contribution in [-0.4, -0.2) is 59.8 Å². The molecule has 10 aromatic carbocycles. The summed E-state index contributed by atoms with van der Waals surface area (Å²) in [5.74, 6) is 0.847. The SMILES string of the molecule is CC(C)(C)c1ccc(-c2ccn[nH]2)cc1.CC(C)(C)c1ccc(-c2cn[nH]c2)cc1.CC(C)(C)c1ccc(Br)cc1.CC(C)(C)c1ccc(C2=CCCCC2)cc1.CC(C)(C)c1ccc(C2CCCCC2)cc1.CC(C)(C)c1cccc(-c2ccccn2)c1.CC(C)(C)c1cccc(-c2nccs2)c1.COCCC(=O)NCc1cccc(-c2ccc(C(C)(C)C)cc2)c1.Cn1cc(-c2ccc(C(C)(C)C)cc2)cn1. The number of benzene rings is 10. The van der Waals surface area contributed by atoms with Crippen LogP contribution in [0.25, 0.3) is 72.0 Å². The maximum Gasteiger partial charge on any atom is 0.222 e. The third-order valence-electron chi connectivity index (χ3n) is 26.0. The van der Waals surface area contributed by atoms with Crippen molar-refractivity contribution < 1.29 is 9.53 Å². The number of methoxy groups -OCH3 is 1. The second-order valence-corrected chi connectivity index (χ2v) is 49.2. The minimum Gasteiger partial charge on any atom is -0.384 e. The quantitative estimate of drug-likeness (QED) is 0.104. The van der Waals surface area contributed by atoms with E-state index in [4.69, 9.17) is 4.74 Å². The molecule has 1 saturated carbocycles. The lowest BCUT2D eigenvalue weighted by molar-refractivity contribution is -0.122. The molecule has 15 aromatic rings. The van der Waals surface area contributed by atoms with Crippen molar-refractivity contribution in [3.05, 3.63) is 393 Å². The number of nitrogens with zero attached hydrogens (tertiary/aromatic N) is 6. The number of amides is 1. The summed E-state index contributed by atoms with van der Waals surface area (Å²) < 4.78 is 7.88. The Labute approximate surface area is 879 Å². The first kappa shape index (κ1) is 116. The molecule has 0 aliphatic heterocycles. The van der Waals surface area contributed by atoms with Crippen molar-refractivity contribution in [1.29, 1.82) is 0 Å². The monoisotopic (exact) mass is 2010 g/mol. The average molecular weight is 2010 g/mol. The van der Waals surface area contributed by atoms with Gasteiger partial charge in [-0.15, -0.1) is 11.3 Å². The minimum atomic E-state index is 0.0109. The highest BCUT2D eigenvalue weighted by molar-refractivity contribution is 9.10. The number of H-pyrrole nitrogens is 2. The lowest BCUT2D eigenvalue weighted by Crippen LogP contribution is -2.23. The zero-order chi connectivity index (χ0) is 105. The summed E-state index contributed by atoms with van der Waals surface area (Å²) in [6.45, 7) is 61.3. The number of aryl methyl sites for hydroxylation is 1. The summed E-state index contributed by atoms with van der Waals surface area (Å²) in [6, 6.07) is 95.2. The van der Waals surface area contributed by atoms with E-state index in [9.17, 15) is 4.79 Å². The van der Waals surface area contributed by atoms with Crippen molar-refractivity contribution in [2.75, 3.05) is 13.7 Å². The van der Waals surface area contributed by atoms with Gasteiger partial charge in [0.05, 0.1) is 30.4 Å². The zero-order valence-electron chi connectivity index (χ0n) is 92.4. The predicted molar refractivity (Wildman–Crippen MR) is 622 cm³/mol. The summed E-state index contributed by atoms with van der Waals surface area (Å²) in [7, 11) is 3.54. The van der Waals surface area contributed by atoms with Crippen LogP contribution in [0.15, 0.2) is 326 Å². The number of hydrogen-bond acceptors (Lipinski definition) is 8. The van der Waals surface area contributed by atoms with Crippen molar-refractivity contribution >= 4 is 38.7 Å². The molecule has 13 heteroatoms. The second-order valence-electron chi connectivity index (χ2n) is 47.4. The number of thiazole rings is 1. The molecule has 1 fully saturated rings. The molecule has 5 heterocycles. The molecule has 0 radical (unpaired) electrons. The van der Waals surface area contributed by atoms with Crippen LogP contribution in [0.4, 0.5) is 0 Å². The van der Waals surface area contributed by atoms with Crippen LogP contribution >= 0.6 is 27.3 Å². The Hall–Kier alpha value is -11.7. The largest absolute Gasteiger partial charge is 0.384 e. The summed E-state index contributed by atoms with van der Waals surface area (Å²) in [4.78, 5) is 20.4. The number of allylic oxidation sites excluding steroid dienone is 2. The summed E-state index contributed by atoms with van der Waals surface area (Å²) >= 11 is 5.10.